The molecule has 1 aromatic carbocycles. The predicted molar refractivity (Wildman–Crippen MR) is 125 cm³/mol. The fourth-order valence-corrected chi connectivity index (χ4v) is 3.98. The third-order valence-corrected chi connectivity index (χ3v) is 5.96. The zero-order valence-electron chi connectivity index (χ0n) is 20.0. The average molecular weight is 446 g/mol. The third-order valence-electron chi connectivity index (χ3n) is 5.96. The van der Waals surface area contributed by atoms with E-state index < -0.39 is 0 Å². The van der Waals surface area contributed by atoms with Gasteiger partial charge in [0.05, 0.1) is 17.9 Å². The van der Waals surface area contributed by atoms with Crippen LogP contribution in [-0.2, 0) is 16.1 Å². The number of hydrogen-bond donors (Lipinski definition) is 0. The lowest BCUT2D eigenvalue weighted by Gasteiger charge is -2.35. The smallest absolute Gasteiger partial charge is 0.248 e. The number of ether oxygens (including phenoxy) is 1. The van der Waals surface area contributed by atoms with Crippen LogP contribution in [0.5, 0.6) is 0 Å². The Morgan fingerprint density at radius 2 is 1.97 bits per heavy atom. The van der Waals surface area contributed by atoms with E-state index in [1.807, 2.05) is 22.6 Å². The molecule has 3 rings (SSSR count). The van der Waals surface area contributed by atoms with Gasteiger partial charge < -0.3 is 19.4 Å². The SMILES string of the molecule is COCC(=O)N(CCC(C)C)Cc1c(C)nn(-c2cccc(F)c2)c1N1CCN(C)CC1. The van der Waals surface area contributed by atoms with Crippen molar-refractivity contribution in [1.29, 1.82) is 0 Å². The Bertz CT molecular complexity index is 906. The van der Waals surface area contributed by atoms with Gasteiger partial charge in [-0.3, -0.25) is 4.79 Å². The maximum Gasteiger partial charge on any atom is 0.248 e. The van der Waals surface area contributed by atoms with Gasteiger partial charge >= 0.3 is 0 Å². The van der Waals surface area contributed by atoms with Crippen LogP contribution in [-0.4, -0.2) is 79.0 Å². The van der Waals surface area contributed by atoms with Crippen molar-refractivity contribution < 1.29 is 13.9 Å². The van der Waals surface area contributed by atoms with Gasteiger partial charge in [-0.2, -0.15) is 5.10 Å². The molecule has 0 radical (unpaired) electrons. The minimum atomic E-state index is -0.296. The van der Waals surface area contributed by atoms with E-state index in [0.717, 1.165) is 49.7 Å². The Balaban J connectivity index is 2.02. The molecule has 32 heavy (non-hydrogen) atoms. The molecule has 0 N–H and O–H groups in total. The minimum absolute atomic E-state index is 0.0321. The first-order valence-electron chi connectivity index (χ1n) is 11.3. The second kappa shape index (κ2) is 10.9. The van der Waals surface area contributed by atoms with Crippen LogP contribution in [0, 0.1) is 18.7 Å². The van der Waals surface area contributed by atoms with Crippen molar-refractivity contribution >= 4 is 11.7 Å². The van der Waals surface area contributed by atoms with Crippen LogP contribution in [0.25, 0.3) is 5.69 Å². The molecule has 8 heteroatoms. The highest BCUT2D eigenvalue weighted by Crippen LogP contribution is 2.30. The van der Waals surface area contributed by atoms with E-state index in [1.165, 1.54) is 12.1 Å². The van der Waals surface area contributed by atoms with Gasteiger partial charge in [0.2, 0.25) is 5.91 Å². The maximum absolute atomic E-state index is 14.0. The van der Waals surface area contributed by atoms with Gasteiger partial charge in [0.1, 0.15) is 18.2 Å². The van der Waals surface area contributed by atoms with Gasteiger partial charge in [0, 0.05) is 45.4 Å². The minimum Gasteiger partial charge on any atom is -0.375 e. The largest absolute Gasteiger partial charge is 0.375 e. The van der Waals surface area contributed by atoms with Crippen LogP contribution >= 0.6 is 0 Å². The molecule has 2 heterocycles. The highest BCUT2D eigenvalue weighted by Gasteiger charge is 2.27. The number of halogens is 1. The Hall–Kier alpha value is -2.45. The molecule has 0 saturated carbocycles. The topological polar surface area (TPSA) is 53.8 Å². The summed E-state index contributed by atoms with van der Waals surface area (Å²) in [6.45, 7) is 11.0. The Morgan fingerprint density at radius 1 is 1.25 bits per heavy atom. The van der Waals surface area contributed by atoms with Gasteiger partial charge in [-0.15, -0.1) is 0 Å². The van der Waals surface area contributed by atoms with Crippen molar-refractivity contribution in [3.05, 3.63) is 41.3 Å². The number of aryl methyl sites for hydroxylation is 1. The molecule has 0 aliphatic carbocycles. The van der Waals surface area contributed by atoms with E-state index in [2.05, 4.69) is 30.7 Å². The molecule has 1 aromatic heterocycles. The van der Waals surface area contributed by atoms with Gasteiger partial charge in [0.25, 0.3) is 0 Å². The fraction of sp³-hybridized carbons (Fsp3) is 0.583. The highest BCUT2D eigenvalue weighted by molar-refractivity contribution is 5.77. The van der Waals surface area contributed by atoms with Crippen LogP contribution < -0.4 is 4.90 Å². The van der Waals surface area contributed by atoms with Gasteiger partial charge in [-0.1, -0.05) is 19.9 Å². The summed E-state index contributed by atoms with van der Waals surface area (Å²) in [5.41, 5.74) is 2.54. The summed E-state index contributed by atoms with van der Waals surface area (Å²) < 4.78 is 21.0. The van der Waals surface area contributed by atoms with Crippen molar-refractivity contribution in [2.75, 3.05) is 58.4 Å². The number of piperazine rings is 1. The molecule has 7 nitrogen and oxygen atoms in total. The van der Waals surface area contributed by atoms with Crippen LogP contribution in [0.1, 0.15) is 31.5 Å². The van der Waals surface area contributed by atoms with Crippen LogP contribution in [0.3, 0.4) is 0 Å². The third kappa shape index (κ3) is 5.86. The van der Waals surface area contributed by atoms with Crippen molar-refractivity contribution in [2.24, 2.45) is 5.92 Å². The molecule has 0 bridgehead atoms. The quantitative estimate of drug-likeness (QED) is 0.594. The van der Waals surface area contributed by atoms with Gasteiger partial charge in [-0.25, -0.2) is 9.07 Å². The summed E-state index contributed by atoms with van der Waals surface area (Å²) in [7, 11) is 3.66. The normalized spacial score (nSPS) is 14.9. The number of aromatic nitrogens is 2. The molecule has 176 valence electrons. The number of hydrogen-bond acceptors (Lipinski definition) is 5. The van der Waals surface area contributed by atoms with Crippen LogP contribution in [0.2, 0.25) is 0 Å². The molecular formula is C24H36FN5O2. The first kappa shape index (κ1) is 24.2. The number of carbonyl (C=O) groups excluding carboxylic acids is 1. The monoisotopic (exact) mass is 445 g/mol. The van der Waals surface area contributed by atoms with E-state index in [1.54, 1.807) is 13.2 Å². The van der Waals surface area contributed by atoms with E-state index in [4.69, 9.17) is 9.84 Å². The van der Waals surface area contributed by atoms with Crippen LogP contribution in [0.15, 0.2) is 24.3 Å². The zero-order chi connectivity index (χ0) is 23.3. The lowest BCUT2D eigenvalue weighted by molar-refractivity contribution is -0.135. The van der Waals surface area contributed by atoms with E-state index in [0.29, 0.717) is 24.7 Å². The van der Waals surface area contributed by atoms with Crippen molar-refractivity contribution in [3.63, 3.8) is 0 Å². The Kier molecular flexibility index (Phi) is 8.26. The van der Waals surface area contributed by atoms with Crippen molar-refractivity contribution in [2.45, 2.75) is 33.7 Å². The first-order chi connectivity index (χ1) is 15.3. The average Bonchev–Trinajstić information content (AvgIpc) is 3.07. The summed E-state index contributed by atoms with van der Waals surface area (Å²) in [5.74, 6) is 1.10. The molecule has 1 aliphatic rings. The maximum atomic E-state index is 14.0. The first-order valence-corrected chi connectivity index (χ1v) is 11.3. The van der Waals surface area contributed by atoms with E-state index in [9.17, 15) is 9.18 Å². The van der Waals surface area contributed by atoms with Crippen molar-refractivity contribution in [3.8, 4) is 5.69 Å². The van der Waals surface area contributed by atoms with Gasteiger partial charge in [-0.05, 0) is 44.5 Å². The second-order valence-corrected chi connectivity index (χ2v) is 9.00. The Morgan fingerprint density at radius 3 is 2.59 bits per heavy atom. The van der Waals surface area contributed by atoms with Gasteiger partial charge in [0.15, 0.2) is 0 Å². The number of nitrogens with zero attached hydrogens (tertiary/aromatic N) is 5. The standard InChI is InChI=1S/C24H36FN5O2/c1-18(2)9-10-29(23(31)17-32-5)16-22-19(3)26-30(21-8-6-7-20(25)15-21)24(22)28-13-11-27(4)12-14-28/h6-8,15,18H,9-14,16-17H2,1-5H3. The summed E-state index contributed by atoms with van der Waals surface area (Å²) in [6.07, 6.45) is 0.913. The molecule has 1 fully saturated rings. The number of anilines is 1. The highest BCUT2D eigenvalue weighted by atomic mass is 19.1. The number of amides is 1. The lowest BCUT2D eigenvalue weighted by atomic mass is 10.1. The fourth-order valence-electron chi connectivity index (χ4n) is 3.98. The van der Waals surface area contributed by atoms with Crippen molar-refractivity contribution in [1.82, 2.24) is 19.6 Å². The summed E-state index contributed by atoms with van der Waals surface area (Å²) >= 11 is 0. The lowest BCUT2D eigenvalue weighted by Crippen LogP contribution is -2.45. The molecule has 1 amide bonds. The predicted octanol–water partition coefficient (Wildman–Crippen LogP) is 3.09. The van der Waals surface area contributed by atoms with Crippen LogP contribution in [0.4, 0.5) is 10.2 Å². The second-order valence-electron chi connectivity index (χ2n) is 9.00. The number of benzene rings is 1. The molecule has 1 saturated heterocycles. The molecule has 0 spiro atoms. The molecule has 1 aliphatic heterocycles. The molecule has 2 aromatic rings. The summed E-state index contributed by atoms with van der Waals surface area (Å²) in [6, 6.07) is 6.51. The summed E-state index contributed by atoms with van der Waals surface area (Å²) in [4.78, 5) is 19.3. The number of likely N-dealkylation sites (N-methyl/N-ethyl adjacent to an activating group) is 1. The zero-order valence-corrected chi connectivity index (χ0v) is 20.0. The number of methoxy groups -OCH3 is 1. The van der Waals surface area contributed by atoms with E-state index in [-0.39, 0.29) is 18.3 Å². The summed E-state index contributed by atoms with van der Waals surface area (Å²) in [5, 5.41) is 4.80. The van der Waals surface area contributed by atoms with E-state index >= 15 is 0 Å². The molecule has 0 atom stereocenters. The molecular weight excluding hydrogens is 409 g/mol. The number of carbonyl (C=O) groups is 1. The Labute approximate surface area is 190 Å². The molecule has 0 unspecified atom stereocenters. The number of rotatable bonds is 9.